The van der Waals surface area contributed by atoms with Crippen molar-refractivity contribution in [3.05, 3.63) is 33.4 Å². The van der Waals surface area contributed by atoms with E-state index in [0.29, 0.717) is 0 Å². The lowest BCUT2D eigenvalue weighted by Gasteiger charge is -2.13. The fourth-order valence-corrected chi connectivity index (χ4v) is 1.83. The summed E-state index contributed by atoms with van der Waals surface area (Å²) in [5, 5.41) is 10.8. The molecule has 0 aliphatic heterocycles. The van der Waals surface area contributed by atoms with Crippen LogP contribution >= 0.6 is 11.6 Å². The van der Waals surface area contributed by atoms with Crippen LogP contribution in [0.25, 0.3) is 0 Å². The van der Waals surface area contributed by atoms with Crippen LogP contribution in [0.2, 0.25) is 0 Å². The number of nitrogens with zero attached hydrogens (tertiary/aromatic N) is 1. The van der Waals surface area contributed by atoms with Crippen molar-refractivity contribution in [1.29, 1.82) is 0 Å². The van der Waals surface area contributed by atoms with E-state index < -0.39 is 28.9 Å². The molecule has 0 aromatic heterocycles. The van der Waals surface area contributed by atoms with Gasteiger partial charge in [-0.25, -0.2) is 0 Å². The topological polar surface area (TPSA) is 78.7 Å². The van der Waals surface area contributed by atoms with Gasteiger partial charge in [-0.1, -0.05) is 0 Å². The number of esters is 1. The van der Waals surface area contributed by atoms with E-state index in [-0.39, 0.29) is 23.4 Å². The van der Waals surface area contributed by atoms with Crippen LogP contribution in [0.5, 0.6) is 5.75 Å². The highest BCUT2D eigenvalue weighted by molar-refractivity contribution is 6.17. The Morgan fingerprint density at radius 1 is 1.50 bits per heavy atom. The average molecular weight is 310 g/mol. The van der Waals surface area contributed by atoms with Crippen LogP contribution in [-0.4, -0.2) is 24.6 Å². The Bertz CT molecular complexity index is 524. The van der Waals surface area contributed by atoms with E-state index in [9.17, 15) is 23.7 Å². The molecule has 0 aliphatic carbocycles. The molecule has 9 heteroatoms. The lowest BCUT2D eigenvalue weighted by molar-refractivity contribution is -0.385. The van der Waals surface area contributed by atoms with E-state index in [1.807, 2.05) is 0 Å². The summed E-state index contributed by atoms with van der Waals surface area (Å²) in [6.45, 7) is -3.16. The second-order valence-electron chi connectivity index (χ2n) is 3.60. The maximum atomic E-state index is 12.3. The molecule has 0 fully saturated rings. The van der Waals surface area contributed by atoms with Crippen LogP contribution in [0.4, 0.5) is 14.5 Å². The molecule has 0 spiro atoms. The van der Waals surface area contributed by atoms with E-state index in [1.54, 1.807) is 0 Å². The van der Waals surface area contributed by atoms with Crippen LogP contribution in [0.1, 0.15) is 11.1 Å². The van der Waals surface area contributed by atoms with Crippen molar-refractivity contribution in [3.63, 3.8) is 0 Å². The Balaban J connectivity index is 3.33. The predicted molar refractivity (Wildman–Crippen MR) is 65.0 cm³/mol. The molecular weight excluding hydrogens is 300 g/mol. The van der Waals surface area contributed by atoms with E-state index in [4.69, 9.17) is 11.6 Å². The van der Waals surface area contributed by atoms with Crippen LogP contribution < -0.4 is 4.74 Å². The van der Waals surface area contributed by atoms with Gasteiger partial charge >= 0.3 is 12.6 Å². The summed E-state index contributed by atoms with van der Waals surface area (Å²) in [5.74, 6) is -1.35. The number of methoxy groups -OCH3 is 1. The minimum Gasteiger partial charge on any atom is -0.469 e. The zero-order valence-corrected chi connectivity index (χ0v) is 11.0. The molecule has 0 unspecified atom stereocenters. The normalized spacial score (nSPS) is 10.4. The minimum atomic E-state index is -3.16. The number of non-ortho nitro benzene ring substituents is 1. The quantitative estimate of drug-likeness (QED) is 0.349. The number of alkyl halides is 3. The summed E-state index contributed by atoms with van der Waals surface area (Å²) in [5.41, 5.74) is -0.284. The van der Waals surface area contributed by atoms with Crippen LogP contribution in [0.15, 0.2) is 12.1 Å². The first kappa shape index (κ1) is 16.1. The van der Waals surface area contributed by atoms with Gasteiger partial charge in [-0.15, -0.1) is 11.6 Å². The van der Waals surface area contributed by atoms with E-state index in [2.05, 4.69) is 9.47 Å². The Morgan fingerprint density at radius 3 is 2.60 bits per heavy atom. The zero-order chi connectivity index (χ0) is 15.3. The van der Waals surface area contributed by atoms with Gasteiger partial charge in [0.2, 0.25) is 0 Å². The number of nitro benzene ring substituents is 1. The number of carbonyl (C=O) groups is 1. The number of nitro groups is 1. The minimum absolute atomic E-state index is 0.0861. The molecule has 20 heavy (non-hydrogen) atoms. The fraction of sp³-hybridized carbons (Fsp3) is 0.364. The highest BCUT2D eigenvalue weighted by atomic mass is 35.5. The maximum Gasteiger partial charge on any atom is 0.387 e. The molecule has 0 amide bonds. The Labute approximate surface area is 117 Å². The van der Waals surface area contributed by atoms with Crippen molar-refractivity contribution in [2.75, 3.05) is 7.11 Å². The van der Waals surface area contributed by atoms with Crippen molar-refractivity contribution in [2.24, 2.45) is 0 Å². The summed E-state index contributed by atoms with van der Waals surface area (Å²) in [6.07, 6.45) is -0.334. The molecule has 110 valence electrons. The maximum absolute atomic E-state index is 12.3. The van der Waals surface area contributed by atoms with Gasteiger partial charge < -0.3 is 9.47 Å². The molecule has 0 bridgehead atoms. The second-order valence-corrected chi connectivity index (χ2v) is 3.87. The molecule has 1 rings (SSSR count). The van der Waals surface area contributed by atoms with Gasteiger partial charge in [-0.05, 0) is 5.56 Å². The standard InChI is InChI=1S/C11H10ClF2NO5/c1-19-10(16)3-6-2-7(15(17)18)4-9(8(6)5-12)20-11(13)14/h2,4,11H,3,5H2,1H3. The molecule has 0 aliphatic rings. The fourth-order valence-electron chi connectivity index (χ4n) is 1.53. The Morgan fingerprint density at radius 2 is 2.15 bits per heavy atom. The molecule has 6 nitrogen and oxygen atoms in total. The third-order valence-electron chi connectivity index (χ3n) is 2.41. The third kappa shape index (κ3) is 4.02. The molecule has 0 saturated carbocycles. The number of hydrogen-bond acceptors (Lipinski definition) is 5. The van der Waals surface area contributed by atoms with E-state index in [1.165, 1.54) is 0 Å². The lowest BCUT2D eigenvalue weighted by Crippen LogP contribution is -2.10. The van der Waals surface area contributed by atoms with E-state index >= 15 is 0 Å². The zero-order valence-electron chi connectivity index (χ0n) is 10.3. The largest absolute Gasteiger partial charge is 0.469 e. The van der Waals surface area contributed by atoms with Gasteiger partial charge in [0.15, 0.2) is 0 Å². The van der Waals surface area contributed by atoms with Crippen molar-refractivity contribution < 1.29 is 28.0 Å². The molecule has 0 atom stereocenters. The van der Waals surface area contributed by atoms with Gasteiger partial charge in [-0.3, -0.25) is 14.9 Å². The molecule has 0 N–H and O–H groups in total. The molecule has 0 heterocycles. The number of ether oxygens (including phenoxy) is 2. The van der Waals surface area contributed by atoms with Gasteiger partial charge in [0, 0.05) is 11.6 Å². The van der Waals surface area contributed by atoms with E-state index in [0.717, 1.165) is 19.2 Å². The van der Waals surface area contributed by atoms with Crippen molar-refractivity contribution in [3.8, 4) is 5.75 Å². The second kappa shape index (κ2) is 6.99. The summed E-state index contributed by atoms with van der Waals surface area (Å²) >= 11 is 5.63. The smallest absolute Gasteiger partial charge is 0.387 e. The summed E-state index contributed by atoms with van der Waals surface area (Å²) in [6, 6.07) is 1.91. The summed E-state index contributed by atoms with van der Waals surface area (Å²) in [7, 11) is 1.14. The van der Waals surface area contributed by atoms with Crippen molar-refractivity contribution in [2.45, 2.75) is 18.9 Å². The first-order valence-electron chi connectivity index (χ1n) is 5.26. The van der Waals surface area contributed by atoms with Crippen LogP contribution in [0, 0.1) is 10.1 Å². The Kier molecular flexibility index (Phi) is 5.63. The van der Waals surface area contributed by atoms with Gasteiger partial charge in [-0.2, -0.15) is 8.78 Å². The number of halogens is 3. The number of rotatable bonds is 6. The predicted octanol–water partition coefficient (Wildman–Crippen LogP) is 2.65. The van der Waals surface area contributed by atoms with Crippen LogP contribution in [0.3, 0.4) is 0 Å². The average Bonchev–Trinajstić information content (AvgIpc) is 2.37. The molecule has 0 radical (unpaired) electrons. The SMILES string of the molecule is COC(=O)Cc1cc([N+](=O)[O-])cc(OC(F)F)c1CCl. The van der Waals surface area contributed by atoms with Crippen LogP contribution in [-0.2, 0) is 21.8 Å². The molecule has 0 saturated heterocycles. The van der Waals surface area contributed by atoms with Crippen molar-refractivity contribution in [1.82, 2.24) is 0 Å². The highest BCUT2D eigenvalue weighted by Crippen LogP contribution is 2.31. The summed E-state index contributed by atoms with van der Waals surface area (Å²) in [4.78, 5) is 21.2. The molecule has 1 aromatic rings. The first-order valence-corrected chi connectivity index (χ1v) is 5.80. The number of benzene rings is 1. The highest BCUT2D eigenvalue weighted by Gasteiger charge is 2.21. The van der Waals surface area contributed by atoms with Gasteiger partial charge in [0.1, 0.15) is 5.75 Å². The third-order valence-corrected chi connectivity index (χ3v) is 2.68. The van der Waals surface area contributed by atoms with Gasteiger partial charge in [0.05, 0.1) is 30.4 Å². The number of carbonyl (C=O) groups excluding carboxylic acids is 1. The van der Waals surface area contributed by atoms with Gasteiger partial charge in [0.25, 0.3) is 5.69 Å². The first-order chi connectivity index (χ1) is 9.38. The number of hydrogen-bond donors (Lipinski definition) is 0. The molecule has 1 aromatic carbocycles. The van der Waals surface area contributed by atoms with Crippen molar-refractivity contribution >= 4 is 23.3 Å². The Hall–Kier alpha value is -1.96. The molecular formula is C11H10ClF2NO5. The lowest BCUT2D eigenvalue weighted by atomic mass is 10.0. The monoisotopic (exact) mass is 309 g/mol. The summed E-state index contributed by atoms with van der Waals surface area (Å²) < 4.78 is 33.2.